The molecule has 2 rings (SSSR count). The Labute approximate surface area is 101 Å². The van der Waals surface area contributed by atoms with Gasteiger partial charge in [-0.3, -0.25) is 9.78 Å². The number of hydrogen-bond acceptors (Lipinski definition) is 4. The van der Waals surface area contributed by atoms with Crippen LogP contribution < -0.4 is 0 Å². The first-order valence-electron chi connectivity index (χ1n) is 5.19. The zero-order valence-electron chi connectivity index (χ0n) is 9.55. The van der Waals surface area contributed by atoms with E-state index in [1.54, 1.807) is 0 Å². The van der Waals surface area contributed by atoms with Gasteiger partial charge in [0.15, 0.2) is 5.65 Å². The molecule has 0 aliphatic carbocycles. The van der Waals surface area contributed by atoms with Crippen LogP contribution in [0, 0.1) is 0 Å². The minimum atomic E-state index is -2.57. The van der Waals surface area contributed by atoms with E-state index < -0.39 is 18.9 Å². The van der Waals surface area contributed by atoms with Crippen LogP contribution in [0.1, 0.15) is 10.4 Å². The van der Waals surface area contributed by atoms with E-state index >= 15 is 0 Å². The molecule has 0 atom stereocenters. The van der Waals surface area contributed by atoms with Crippen molar-refractivity contribution in [2.24, 2.45) is 0 Å². The Hall–Kier alpha value is -2.18. The maximum atomic E-state index is 12.2. The van der Waals surface area contributed by atoms with Gasteiger partial charge in [-0.15, -0.1) is 0 Å². The smallest absolute Gasteiger partial charge is 0.256 e. The summed E-state index contributed by atoms with van der Waals surface area (Å²) >= 11 is 0. The first-order valence-corrected chi connectivity index (χ1v) is 5.19. The lowest BCUT2D eigenvalue weighted by atomic mass is 10.2. The van der Waals surface area contributed by atoms with E-state index in [0.717, 1.165) is 4.90 Å². The summed E-state index contributed by atoms with van der Waals surface area (Å²) in [6.07, 6.45) is 1.71. The highest BCUT2D eigenvalue weighted by atomic mass is 19.3. The standard InChI is InChI=1S/C11H10F2N4O/c1-17(6-8(12)13)11(18)7-2-3-15-10-9(7)14-4-5-16-10/h2-5,8H,6H2,1H3. The van der Waals surface area contributed by atoms with Crippen LogP contribution in [0.5, 0.6) is 0 Å². The fourth-order valence-electron chi connectivity index (χ4n) is 1.54. The molecule has 0 N–H and O–H groups in total. The van der Waals surface area contributed by atoms with Gasteiger partial charge in [0.1, 0.15) is 5.52 Å². The normalized spacial score (nSPS) is 10.9. The predicted molar refractivity (Wildman–Crippen MR) is 60.3 cm³/mol. The summed E-state index contributed by atoms with van der Waals surface area (Å²) in [4.78, 5) is 24.9. The molecule has 18 heavy (non-hydrogen) atoms. The zero-order chi connectivity index (χ0) is 13.1. The van der Waals surface area contributed by atoms with Gasteiger partial charge in [-0.05, 0) is 6.07 Å². The van der Waals surface area contributed by atoms with Gasteiger partial charge in [0.25, 0.3) is 12.3 Å². The minimum Gasteiger partial charge on any atom is -0.336 e. The van der Waals surface area contributed by atoms with E-state index in [9.17, 15) is 13.6 Å². The second kappa shape index (κ2) is 4.99. The van der Waals surface area contributed by atoms with Gasteiger partial charge in [-0.2, -0.15) is 0 Å². The molecule has 0 spiro atoms. The first-order chi connectivity index (χ1) is 8.59. The number of amides is 1. The number of carbonyl (C=O) groups excluding carboxylic acids is 1. The first kappa shape index (κ1) is 12.3. The number of nitrogens with zero attached hydrogens (tertiary/aromatic N) is 4. The molecule has 0 radical (unpaired) electrons. The van der Waals surface area contributed by atoms with Gasteiger partial charge in [0, 0.05) is 25.6 Å². The number of halogens is 2. The lowest BCUT2D eigenvalue weighted by molar-refractivity contribution is 0.0622. The summed E-state index contributed by atoms with van der Waals surface area (Å²) in [5, 5.41) is 0. The van der Waals surface area contributed by atoms with Crippen LogP contribution in [0.2, 0.25) is 0 Å². The summed E-state index contributed by atoms with van der Waals surface area (Å²) in [5.41, 5.74) is 0.844. The largest absolute Gasteiger partial charge is 0.336 e. The Morgan fingerprint density at radius 2 is 1.94 bits per heavy atom. The van der Waals surface area contributed by atoms with Crippen LogP contribution in [-0.2, 0) is 0 Å². The van der Waals surface area contributed by atoms with Crippen LogP contribution in [0.3, 0.4) is 0 Å². The monoisotopic (exact) mass is 252 g/mol. The summed E-state index contributed by atoms with van der Waals surface area (Å²) in [5.74, 6) is -0.525. The highest BCUT2D eigenvalue weighted by Crippen LogP contribution is 2.13. The van der Waals surface area contributed by atoms with Crippen LogP contribution >= 0.6 is 0 Å². The van der Waals surface area contributed by atoms with Crippen molar-refractivity contribution in [2.45, 2.75) is 6.43 Å². The lowest BCUT2D eigenvalue weighted by Crippen LogP contribution is -2.31. The molecule has 2 heterocycles. The molecule has 0 saturated heterocycles. The molecule has 2 aromatic heterocycles. The quantitative estimate of drug-likeness (QED) is 0.827. The molecule has 1 amide bonds. The van der Waals surface area contributed by atoms with Crippen molar-refractivity contribution < 1.29 is 13.6 Å². The number of aromatic nitrogens is 3. The molecular weight excluding hydrogens is 242 g/mol. The maximum absolute atomic E-state index is 12.2. The van der Waals surface area contributed by atoms with Gasteiger partial charge >= 0.3 is 0 Å². The average Bonchev–Trinajstić information content (AvgIpc) is 2.36. The molecular formula is C11H10F2N4O. The van der Waals surface area contributed by atoms with Gasteiger partial charge < -0.3 is 4.90 Å². The van der Waals surface area contributed by atoms with Crippen LogP contribution in [-0.4, -0.2) is 45.8 Å². The van der Waals surface area contributed by atoms with Crippen molar-refractivity contribution in [2.75, 3.05) is 13.6 Å². The van der Waals surface area contributed by atoms with Crippen molar-refractivity contribution in [3.8, 4) is 0 Å². The summed E-state index contributed by atoms with van der Waals surface area (Å²) < 4.78 is 24.5. The van der Waals surface area contributed by atoms with Gasteiger partial charge in [-0.1, -0.05) is 0 Å². The van der Waals surface area contributed by atoms with Gasteiger partial charge in [0.2, 0.25) is 0 Å². The van der Waals surface area contributed by atoms with Crippen molar-refractivity contribution in [1.82, 2.24) is 19.9 Å². The molecule has 0 aliphatic heterocycles. The van der Waals surface area contributed by atoms with E-state index in [2.05, 4.69) is 15.0 Å². The molecule has 7 heteroatoms. The molecule has 0 aliphatic rings. The number of alkyl halides is 2. The Balaban J connectivity index is 2.39. The van der Waals surface area contributed by atoms with E-state index in [4.69, 9.17) is 0 Å². The molecule has 0 bridgehead atoms. The third-order valence-electron chi connectivity index (χ3n) is 2.36. The third kappa shape index (κ3) is 2.39. The van der Waals surface area contributed by atoms with E-state index in [1.165, 1.54) is 31.7 Å². The zero-order valence-corrected chi connectivity index (χ0v) is 9.55. The van der Waals surface area contributed by atoms with Crippen LogP contribution in [0.15, 0.2) is 24.7 Å². The summed E-state index contributed by atoms with van der Waals surface area (Å²) in [7, 11) is 1.32. The highest BCUT2D eigenvalue weighted by molar-refractivity contribution is 6.03. The summed E-state index contributed by atoms with van der Waals surface area (Å²) in [6, 6.07) is 1.45. The van der Waals surface area contributed by atoms with Crippen molar-refractivity contribution in [3.05, 3.63) is 30.2 Å². The fraction of sp³-hybridized carbons (Fsp3) is 0.273. The number of fused-ring (bicyclic) bond motifs is 1. The second-order valence-corrected chi connectivity index (χ2v) is 3.66. The van der Waals surface area contributed by atoms with E-state index in [1.807, 2.05) is 0 Å². The molecule has 0 unspecified atom stereocenters. The van der Waals surface area contributed by atoms with Crippen LogP contribution in [0.4, 0.5) is 8.78 Å². The lowest BCUT2D eigenvalue weighted by Gasteiger charge is -2.16. The van der Waals surface area contributed by atoms with Gasteiger partial charge in [-0.25, -0.2) is 18.7 Å². The molecule has 0 aromatic carbocycles. The second-order valence-electron chi connectivity index (χ2n) is 3.66. The third-order valence-corrected chi connectivity index (χ3v) is 2.36. The fourth-order valence-corrected chi connectivity index (χ4v) is 1.54. The topological polar surface area (TPSA) is 59.0 Å². The van der Waals surface area contributed by atoms with Crippen LogP contribution in [0.25, 0.3) is 11.2 Å². The van der Waals surface area contributed by atoms with Crippen molar-refractivity contribution in [3.63, 3.8) is 0 Å². The number of rotatable bonds is 3. The number of pyridine rings is 1. The van der Waals surface area contributed by atoms with Crippen molar-refractivity contribution >= 4 is 17.1 Å². The molecule has 5 nitrogen and oxygen atoms in total. The van der Waals surface area contributed by atoms with Gasteiger partial charge in [0.05, 0.1) is 12.1 Å². The Kier molecular flexibility index (Phi) is 3.40. The Bertz CT molecular complexity index is 570. The number of carbonyl (C=O) groups is 1. The maximum Gasteiger partial charge on any atom is 0.256 e. The molecule has 94 valence electrons. The SMILES string of the molecule is CN(CC(F)F)C(=O)c1ccnc2nccnc12. The highest BCUT2D eigenvalue weighted by Gasteiger charge is 2.18. The average molecular weight is 252 g/mol. The predicted octanol–water partition coefficient (Wildman–Crippen LogP) is 1.36. The number of hydrogen-bond donors (Lipinski definition) is 0. The Morgan fingerprint density at radius 3 is 2.67 bits per heavy atom. The molecule has 0 fully saturated rings. The minimum absolute atomic E-state index is 0.219. The molecule has 2 aromatic rings. The van der Waals surface area contributed by atoms with E-state index in [-0.39, 0.29) is 5.56 Å². The van der Waals surface area contributed by atoms with E-state index in [0.29, 0.717) is 11.2 Å². The summed E-state index contributed by atoms with van der Waals surface area (Å²) in [6.45, 7) is -0.622. The Morgan fingerprint density at radius 1 is 1.28 bits per heavy atom. The molecule has 0 saturated carbocycles. The van der Waals surface area contributed by atoms with Crippen molar-refractivity contribution in [1.29, 1.82) is 0 Å².